The maximum absolute atomic E-state index is 6.57. The average molecular weight is 591 g/mol. The van der Waals surface area contributed by atoms with Crippen LogP contribution in [0.2, 0.25) is 0 Å². The molecule has 10 rings (SSSR count). The fraction of sp³-hybridized carbons (Fsp3) is 0.0476. The van der Waals surface area contributed by atoms with E-state index in [9.17, 15) is 0 Å². The summed E-state index contributed by atoms with van der Waals surface area (Å²) in [6, 6.07) is 40.4. The van der Waals surface area contributed by atoms with Gasteiger partial charge in [-0.1, -0.05) is 90.0 Å². The number of hydrogen-bond acceptors (Lipinski definition) is 4. The Hall–Kier alpha value is -6.00. The third kappa shape index (κ3) is 3.55. The van der Waals surface area contributed by atoms with Crippen LogP contribution in [0.25, 0.3) is 98.8 Å². The van der Waals surface area contributed by atoms with Gasteiger partial charge in [-0.3, -0.25) is 4.98 Å². The Labute approximate surface area is 263 Å². The van der Waals surface area contributed by atoms with Crippen LogP contribution in [-0.2, 0) is 0 Å². The van der Waals surface area contributed by atoms with Gasteiger partial charge in [0.15, 0.2) is 0 Å². The first kappa shape index (κ1) is 25.3. The Morgan fingerprint density at radius 2 is 1.04 bits per heavy atom. The van der Waals surface area contributed by atoms with Gasteiger partial charge in [-0.2, -0.15) is 0 Å². The zero-order valence-corrected chi connectivity index (χ0v) is 25.3. The van der Waals surface area contributed by atoms with Gasteiger partial charge in [0.1, 0.15) is 22.3 Å². The topological polar surface area (TPSA) is 52.1 Å². The first-order valence-electron chi connectivity index (χ1n) is 15.6. The van der Waals surface area contributed by atoms with E-state index in [-0.39, 0.29) is 0 Å². The molecule has 7 aromatic carbocycles. The summed E-state index contributed by atoms with van der Waals surface area (Å²) in [6.45, 7) is 4.25. The Morgan fingerprint density at radius 3 is 1.70 bits per heavy atom. The Balaban J connectivity index is 1.25. The van der Waals surface area contributed by atoms with E-state index in [1.54, 1.807) is 0 Å². The highest BCUT2D eigenvalue weighted by atomic mass is 16.3. The molecule has 4 heteroatoms. The molecule has 0 saturated heterocycles. The predicted molar refractivity (Wildman–Crippen MR) is 189 cm³/mol. The van der Waals surface area contributed by atoms with Crippen molar-refractivity contribution >= 4 is 76.5 Å². The van der Waals surface area contributed by atoms with Gasteiger partial charge in [0, 0.05) is 37.9 Å². The molecule has 0 fully saturated rings. The fourth-order valence-corrected chi connectivity index (χ4v) is 7.22. The lowest BCUT2D eigenvalue weighted by molar-refractivity contribution is 0.658. The van der Waals surface area contributed by atoms with Crippen molar-refractivity contribution in [3.05, 3.63) is 133 Å². The molecule has 3 heterocycles. The Morgan fingerprint density at radius 1 is 0.457 bits per heavy atom. The minimum absolute atomic E-state index is 0.817. The van der Waals surface area contributed by atoms with Crippen molar-refractivity contribution in [1.29, 1.82) is 0 Å². The van der Waals surface area contributed by atoms with Crippen molar-refractivity contribution in [2.45, 2.75) is 13.8 Å². The molecule has 0 aliphatic carbocycles. The van der Waals surface area contributed by atoms with Gasteiger partial charge in [-0.25, -0.2) is 4.98 Å². The second-order valence-corrected chi connectivity index (χ2v) is 12.3. The van der Waals surface area contributed by atoms with Crippen LogP contribution in [0, 0.1) is 13.8 Å². The summed E-state index contributed by atoms with van der Waals surface area (Å²) in [4.78, 5) is 10.4. The highest BCUT2D eigenvalue weighted by Crippen LogP contribution is 2.45. The third-order valence-corrected chi connectivity index (χ3v) is 9.38. The summed E-state index contributed by atoms with van der Waals surface area (Å²) < 4.78 is 13.1. The zero-order valence-electron chi connectivity index (χ0n) is 25.3. The standard InChI is InChI=1S/C42H26N2O2/c1-23-14-16-27-28-17-15-24(2)19-32(28)40-39(31(27)18-23)43-22-35(44-40)25-8-7-9-26(20-25)38-41-33(29-10-3-5-12-36(29)45-41)21-34-30-11-4-6-13-37(30)46-42(34)38/h3-22H,1-2H3. The van der Waals surface area contributed by atoms with Gasteiger partial charge in [0.25, 0.3) is 0 Å². The highest BCUT2D eigenvalue weighted by Gasteiger charge is 2.21. The van der Waals surface area contributed by atoms with Crippen molar-refractivity contribution in [2.24, 2.45) is 0 Å². The van der Waals surface area contributed by atoms with Crippen LogP contribution < -0.4 is 0 Å². The SMILES string of the molecule is Cc1ccc2c3ccc(C)cc3c3nc(-c4cccc(-c5c6oc7ccccc7c6cc6c5oc5ccccc56)c4)cnc3c2c1. The van der Waals surface area contributed by atoms with Crippen LogP contribution in [-0.4, -0.2) is 9.97 Å². The Kier molecular flexibility index (Phi) is 5.10. The van der Waals surface area contributed by atoms with E-state index in [1.807, 2.05) is 30.5 Å². The molecule has 4 nitrogen and oxygen atoms in total. The molecular formula is C42H26N2O2. The molecule has 10 aromatic rings. The number of furan rings is 2. The van der Waals surface area contributed by atoms with E-state index in [2.05, 4.69) is 105 Å². The molecule has 216 valence electrons. The molecule has 0 atom stereocenters. The van der Waals surface area contributed by atoms with Crippen molar-refractivity contribution in [3.63, 3.8) is 0 Å². The molecule has 0 bridgehead atoms. The van der Waals surface area contributed by atoms with Crippen molar-refractivity contribution in [3.8, 4) is 22.4 Å². The lowest BCUT2D eigenvalue weighted by atomic mass is 9.96. The number of rotatable bonds is 2. The van der Waals surface area contributed by atoms with Gasteiger partial charge < -0.3 is 8.83 Å². The summed E-state index contributed by atoms with van der Waals surface area (Å²) in [6.07, 6.45) is 1.91. The minimum Gasteiger partial charge on any atom is -0.455 e. The van der Waals surface area contributed by atoms with Crippen LogP contribution >= 0.6 is 0 Å². The molecule has 0 unspecified atom stereocenters. The summed E-state index contributed by atoms with van der Waals surface area (Å²) in [5.41, 5.74) is 11.3. The summed E-state index contributed by atoms with van der Waals surface area (Å²) >= 11 is 0. The maximum Gasteiger partial charge on any atom is 0.147 e. The molecule has 46 heavy (non-hydrogen) atoms. The number of benzene rings is 7. The van der Waals surface area contributed by atoms with Gasteiger partial charge >= 0.3 is 0 Å². The summed E-state index contributed by atoms with van der Waals surface area (Å²) in [5.74, 6) is 0. The zero-order chi connectivity index (χ0) is 30.5. The smallest absolute Gasteiger partial charge is 0.147 e. The minimum atomic E-state index is 0.817. The number of para-hydroxylation sites is 2. The van der Waals surface area contributed by atoms with Crippen LogP contribution in [0.4, 0.5) is 0 Å². The van der Waals surface area contributed by atoms with Crippen LogP contribution in [0.1, 0.15) is 11.1 Å². The first-order chi connectivity index (χ1) is 22.6. The van der Waals surface area contributed by atoms with E-state index in [0.717, 1.165) is 88.1 Å². The van der Waals surface area contributed by atoms with Crippen molar-refractivity contribution in [1.82, 2.24) is 9.97 Å². The van der Waals surface area contributed by atoms with Crippen molar-refractivity contribution in [2.75, 3.05) is 0 Å². The van der Waals surface area contributed by atoms with E-state index >= 15 is 0 Å². The monoisotopic (exact) mass is 590 g/mol. The van der Waals surface area contributed by atoms with Gasteiger partial charge in [-0.05, 0) is 66.6 Å². The number of hydrogen-bond donors (Lipinski definition) is 0. The lowest BCUT2D eigenvalue weighted by Crippen LogP contribution is -1.93. The van der Waals surface area contributed by atoms with E-state index in [1.165, 1.54) is 21.9 Å². The molecule has 3 aromatic heterocycles. The van der Waals surface area contributed by atoms with Crippen LogP contribution in [0.3, 0.4) is 0 Å². The lowest BCUT2D eigenvalue weighted by Gasteiger charge is -2.12. The van der Waals surface area contributed by atoms with Gasteiger partial charge in [-0.15, -0.1) is 0 Å². The number of aromatic nitrogens is 2. The average Bonchev–Trinajstić information content (AvgIpc) is 3.65. The van der Waals surface area contributed by atoms with Crippen LogP contribution in [0.15, 0.2) is 130 Å². The molecule has 0 N–H and O–H groups in total. The summed E-state index contributed by atoms with van der Waals surface area (Å²) in [7, 11) is 0. The first-order valence-corrected chi connectivity index (χ1v) is 15.6. The molecule has 0 aliphatic rings. The Bertz CT molecular complexity index is 2800. The van der Waals surface area contributed by atoms with E-state index in [0.29, 0.717) is 0 Å². The van der Waals surface area contributed by atoms with Gasteiger partial charge in [0.05, 0.1) is 28.5 Å². The van der Waals surface area contributed by atoms with E-state index < -0.39 is 0 Å². The maximum atomic E-state index is 6.57. The fourth-order valence-electron chi connectivity index (χ4n) is 7.22. The third-order valence-electron chi connectivity index (χ3n) is 9.38. The second-order valence-electron chi connectivity index (χ2n) is 12.3. The molecule has 0 spiro atoms. The van der Waals surface area contributed by atoms with Gasteiger partial charge in [0.2, 0.25) is 0 Å². The number of aryl methyl sites for hydroxylation is 2. The summed E-state index contributed by atoms with van der Waals surface area (Å²) in [5, 5.41) is 8.97. The highest BCUT2D eigenvalue weighted by molar-refractivity contribution is 6.24. The quantitative estimate of drug-likeness (QED) is 0.188. The number of fused-ring (bicyclic) bond motifs is 12. The largest absolute Gasteiger partial charge is 0.455 e. The molecule has 0 aliphatic heterocycles. The number of nitrogens with zero attached hydrogens (tertiary/aromatic N) is 2. The predicted octanol–water partition coefficient (Wildman–Crippen LogP) is 11.7. The molecule has 0 saturated carbocycles. The van der Waals surface area contributed by atoms with Crippen LogP contribution in [0.5, 0.6) is 0 Å². The normalized spacial score (nSPS) is 12.1. The van der Waals surface area contributed by atoms with Crippen molar-refractivity contribution < 1.29 is 8.83 Å². The van der Waals surface area contributed by atoms with E-state index in [4.69, 9.17) is 18.8 Å². The molecule has 0 amide bonds. The molecular weight excluding hydrogens is 564 g/mol. The molecule has 0 radical (unpaired) electrons. The second kappa shape index (κ2) is 9.26.